The predicted octanol–water partition coefficient (Wildman–Crippen LogP) is 22.3. The number of allylic oxidation sites excluding steroid dienone is 24. The van der Waals surface area contributed by atoms with Gasteiger partial charge < -0.3 is 14.2 Å². The smallest absolute Gasteiger partial charge is 0.306 e. The minimum atomic E-state index is -0.805. The topological polar surface area (TPSA) is 78.9 Å². The van der Waals surface area contributed by atoms with Crippen LogP contribution >= 0.6 is 0 Å². The molecular formula is C73H118O6. The van der Waals surface area contributed by atoms with Crippen molar-refractivity contribution >= 4 is 17.9 Å². The van der Waals surface area contributed by atoms with Crippen molar-refractivity contribution < 1.29 is 28.6 Å². The number of carbonyl (C=O) groups is 3. The van der Waals surface area contributed by atoms with Crippen LogP contribution in [0.2, 0.25) is 0 Å². The van der Waals surface area contributed by atoms with Gasteiger partial charge in [0.25, 0.3) is 0 Å². The number of rotatable bonds is 57. The number of hydrogen-bond acceptors (Lipinski definition) is 6. The molecule has 0 saturated heterocycles. The summed E-state index contributed by atoms with van der Waals surface area (Å²) in [5.74, 6) is -0.945. The van der Waals surface area contributed by atoms with Gasteiger partial charge in [0.2, 0.25) is 0 Å². The molecule has 0 spiro atoms. The molecule has 0 saturated carbocycles. The fourth-order valence-electron chi connectivity index (χ4n) is 8.53. The van der Waals surface area contributed by atoms with E-state index in [4.69, 9.17) is 14.2 Å². The Morgan fingerprint density at radius 3 is 0.797 bits per heavy atom. The van der Waals surface area contributed by atoms with Crippen molar-refractivity contribution in [2.24, 2.45) is 0 Å². The van der Waals surface area contributed by atoms with E-state index >= 15 is 0 Å². The monoisotopic (exact) mass is 1090 g/mol. The molecule has 0 bridgehead atoms. The van der Waals surface area contributed by atoms with E-state index in [0.717, 1.165) is 148 Å². The molecule has 0 radical (unpaired) electrons. The predicted molar refractivity (Wildman–Crippen MR) is 343 cm³/mol. The normalized spacial score (nSPS) is 13.1. The van der Waals surface area contributed by atoms with Gasteiger partial charge in [-0.2, -0.15) is 0 Å². The van der Waals surface area contributed by atoms with E-state index in [1.54, 1.807) is 0 Å². The standard InChI is InChI=1S/C73H118O6/c1-4-7-10-13-16-19-22-25-27-29-31-33-35-36-38-39-41-43-45-48-51-54-57-60-63-66-72(75)78-69-70(68-77-71(74)65-62-59-56-53-50-47-24-21-18-15-12-9-6-3)79-73(76)67-64-61-58-55-52-49-46-44-42-40-37-34-32-30-28-26-23-20-17-14-11-8-5-2/h7-8,10-11,16-17,19-21,24-28,31-34,36,38,41,43,48,51,70H,4-6,9,12-15,18,22-23,29-30,35,37,39-40,42,44-47,49-50,52-69H2,1-3H3/b10-7-,11-8-,19-16-,20-17-,24-21-,27-25-,28-26-,33-31-,34-32-,38-36-,43-41-,51-48-. The van der Waals surface area contributed by atoms with Gasteiger partial charge >= 0.3 is 17.9 Å². The highest BCUT2D eigenvalue weighted by Crippen LogP contribution is 2.15. The Bertz CT molecular complexity index is 1730. The van der Waals surface area contributed by atoms with E-state index in [1.807, 2.05) is 0 Å². The molecule has 0 aliphatic carbocycles. The van der Waals surface area contributed by atoms with E-state index in [1.165, 1.54) is 89.9 Å². The molecule has 446 valence electrons. The summed E-state index contributed by atoms with van der Waals surface area (Å²) in [7, 11) is 0. The summed E-state index contributed by atoms with van der Waals surface area (Å²) in [5.41, 5.74) is 0. The first-order valence-corrected chi connectivity index (χ1v) is 32.3. The first-order valence-electron chi connectivity index (χ1n) is 32.3. The van der Waals surface area contributed by atoms with Crippen LogP contribution in [0, 0.1) is 0 Å². The summed E-state index contributed by atoms with van der Waals surface area (Å²) < 4.78 is 16.9. The third-order valence-corrected chi connectivity index (χ3v) is 13.3. The van der Waals surface area contributed by atoms with E-state index in [-0.39, 0.29) is 31.1 Å². The van der Waals surface area contributed by atoms with Crippen molar-refractivity contribution in [2.75, 3.05) is 13.2 Å². The maximum absolute atomic E-state index is 12.9. The average molecular weight is 1090 g/mol. The molecule has 6 nitrogen and oxygen atoms in total. The lowest BCUT2D eigenvalue weighted by Gasteiger charge is -2.18. The van der Waals surface area contributed by atoms with Crippen LogP contribution in [0.4, 0.5) is 0 Å². The van der Waals surface area contributed by atoms with Gasteiger partial charge in [-0.15, -0.1) is 0 Å². The zero-order valence-corrected chi connectivity index (χ0v) is 51.1. The highest BCUT2D eigenvalue weighted by atomic mass is 16.6. The number of esters is 3. The minimum Gasteiger partial charge on any atom is -0.462 e. The van der Waals surface area contributed by atoms with Gasteiger partial charge in [0, 0.05) is 19.3 Å². The van der Waals surface area contributed by atoms with E-state index in [0.29, 0.717) is 19.3 Å². The van der Waals surface area contributed by atoms with Crippen molar-refractivity contribution in [3.05, 3.63) is 146 Å². The molecule has 0 aliphatic rings. The molecule has 0 aliphatic heterocycles. The van der Waals surface area contributed by atoms with Crippen LogP contribution in [0.25, 0.3) is 0 Å². The Morgan fingerprint density at radius 2 is 0.494 bits per heavy atom. The molecule has 0 heterocycles. The number of carbonyl (C=O) groups excluding carboxylic acids is 3. The van der Waals surface area contributed by atoms with Gasteiger partial charge in [-0.25, -0.2) is 0 Å². The maximum Gasteiger partial charge on any atom is 0.306 e. The van der Waals surface area contributed by atoms with Crippen LogP contribution in [-0.2, 0) is 28.6 Å². The Kier molecular flexibility index (Phi) is 61.9. The van der Waals surface area contributed by atoms with E-state index < -0.39 is 6.10 Å². The molecule has 0 N–H and O–H groups in total. The van der Waals surface area contributed by atoms with Gasteiger partial charge in [-0.3, -0.25) is 14.4 Å². The molecule has 1 atom stereocenters. The van der Waals surface area contributed by atoms with Crippen LogP contribution in [0.5, 0.6) is 0 Å². The van der Waals surface area contributed by atoms with Gasteiger partial charge in [-0.1, -0.05) is 263 Å². The maximum atomic E-state index is 12.9. The summed E-state index contributed by atoms with van der Waals surface area (Å²) in [6.07, 6.45) is 94.2. The van der Waals surface area contributed by atoms with Crippen molar-refractivity contribution in [1.29, 1.82) is 0 Å². The van der Waals surface area contributed by atoms with Gasteiger partial charge in [0.15, 0.2) is 6.10 Å². The molecule has 0 fully saturated rings. The second-order valence-electron chi connectivity index (χ2n) is 20.9. The second-order valence-corrected chi connectivity index (χ2v) is 20.9. The lowest BCUT2D eigenvalue weighted by Crippen LogP contribution is -2.30. The molecule has 0 aromatic carbocycles. The molecule has 0 aromatic rings. The molecule has 1 unspecified atom stereocenters. The number of unbranched alkanes of at least 4 members (excludes halogenated alkanes) is 22. The average Bonchev–Trinajstić information content (AvgIpc) is 3.45. The van der Waals surface area contributed by atoms with Crippen molar-refractivity contribution in [3.63, 3.8) is 0 Å². The summed E-state index contributed by atoms with van der Waals surface area (Å²) in [6.45, 7) is 6.36. The van der Waals surface area contributed by atoms with E-state index in [2.05, 4.69) is 167 Å². The highest BCUT2D eigenvalue weighted by Gasteiger charge is 2.19. The Morgan fingerprint density at radius 1 is 0.266 bits per heavy atom. The molecular weight excluding hydrogens is 973 g/mol. The van der Waals surface area contributed by atoms with Crippen LogP contribution < -0.4 is 0 Å². The van der Waals surface area contributed by atoms with Crippen molar-refractivity contribution in [2.45, 2.75) is 284 Å². The SMILES string of the molecule is CC/C=C\C/C=C\C/C=C\C/C=C\C/C=C\C/C=C\C/C=C\CCCCCC(=O)OCC(COC(=O)CCCCCCC/C=C\CCCCCC)OC(=O)CCCCCCCCCCCC/C=C\C/C=C\C/C=C\C/C=C\CC. The minimum absolute atomic E-state index is 0.0992. The first kappa shape index (κ1) is 74.3. The zero-order valence-electron chi connectivity index (χ0n) is 51.1. The zero-order chi connectivity index (χ0) is 57.1. The summed E-state index contributed by atoms with van der Waals surface area (Å²) in [5, 5.41) is 0. The van der Waals surface area contributed by atoms with Crippen LogP contribution in [0.3, 0.4) is 0 Å². The molecule has 0 aromatic heterocycles. The largest absolute Gasteiger partial charge is 0.462 e. The first-order chi connectivity index (χ1) is 39.0. The number of hydrogen-bond donors (Lipinski definition) is 0. The molecule has 79 heavy (non-hydrogen) atoms. The Balaban J connectivity index is 4.44. The second kappa shape index (κ2) is 65.8. The highest BCUT2D eigenvalue weighted by molar-refractivity contribution is 5.71. The summed E-state index contributed by atoms with van der Waals surface area (Å²) in [6, 6.07) is 0. The fourth-order valence-corrected chi connectivity index (χ4v) is 8.53. The number of ether oxygens (including phenoxy) is 3. The van der Waals surface area contributed by atoms with Crippen molar-refractivity contribution in [1.82, 2.24) is 0 Å². The molecule has 0 rings (SSSR count). The molecule has 0 amide bonds. The van der Waals surface area contributed by atoms with E-state index in [9.17, 15) is 14.4 Å². The van der Waals surface area contributed by atoms with Crippen LogP contribution in [-0.4, -0.2) is 37.2 Å². The fraction of sp³-hybridized carbons (Fsp3) is 0.630. The van der Waals surface area contributed by atoms with Gasteiger partial charge in [0.1, 0.15) is 13.2 Å². The third kappa shape index (κ3) is 64.0. The van der Waals surface area contributed by atoms with Crippen LogP contribution in [0.1, 0.15) is 278 Å². The quantitative estimate of drug-likeness (QED) is 0.0261. The van der Waals surface area contributed by atoms with Crippen LogP contribution in [0.15, 0.2) is 146 Å². The molecule has 6 heteroatoms. The lowest BCUT2D eigenvalue weighted by molar-refractivity contribution is -0.167. The Hall–Kier alpha value is -4.71. The van der Waals surface area contributed by atoms with Crippen molar-refractivity contribution in [3.8, 4) is 0 Å². The summed E-state index contributed by atoms with van der Waals surface area (Å²) >= 11 is 0. The summed E-state index contributed by atoms with van der Waals surface area (Å²) in [4.78, 5) is 38.3. The Labute approximate surface area is 487 Å². The van der Waals surface area contributed by atoms with Gasteiger partial charge in [-0.05, 0) is 141 Å². The van der Waals surface area contributed by atoms with Gasteiger partial charge in [0.05, 0.1) is 0 Å². The lowest BCUT2D eigenvalue weighted by atomic mass is 10.0. The third-order valence-electron chi connectivity index (χ3n) is 13.3.